The molecule has 13 heavy (non-hydrogen) atoms. The lowest BCUT2D eigenvalue weighted by Gasteiger charge is -2.14. The molecule has 2 unspecified atom stereocenters. The van der Waals surface area contributed by atoms with E-state index in [4.69, 9.17) is 0 Å². The van der Waals surface area contributed by atoms with E-state index in [1.165, 1.54) is 0 Å². The van der Waals surface area contributed by atoms with Crippen LogP contribution in [0.3, 0.4) is 0 Å². The Kier molecular flexibility index (Phi) is 2.60. The molecule has 1 aliphatic rings. The highest BCUT2D eigenvalue weighted by molar-refractivity contribution is 5.19. The van der Waals surface area contributed by atoms with Crippen LogP contribution in [0.1, 0.15) is 24.6 Å². The van der Waals surface area contributed by atoms with E-state index in [1.54, 1.807) is 0 Å². The molecule has 0 aromatic heterocycles. The molecular formula is C11H13FN. The van der Waals surface area contributed by atoms with Gasteiger partial charge in [-0.3, -0.25) is 0 Å². The molecule has 2 atom stereocenters. The molecule has 0 amide bonds. The molecule has 0 spiro atoms. The highest BCUT2D eigenvalue weighted by Crippen LogP contribution is 2.27. The monoisotopic (exact) mass is 178 g/mol. The van der Waals surface area contributed by atoms with Crippen LogP contribution in [0.5, 0.6) is 0 Å². The maximum Gasteiger partial charge on any atom is 0.142 e. The third-order valence-electron chi connectivity index (χ3n) is 2.48. The molecule has 1 aliphatic heterocycles. The summed E-state index contributed by atoms with van der Waals surface area (Å²) in [6.07, 6.45) is 1.04. The van der Waals surface area contributed by atoms with E-state index >= 15 is 0 Å². The van der Waals surface area contributed by atoms with Gasteiger partial charge in [-0.15, -0.1) is 0 Å². The number of halogens is 1. The molecular weight excluding hydrogens is 165 g/mol. The summed E-state index contributed by atoms with van der Waals surface area (Å²) >= 11 is 0. The van der Waals surface area contributed by atoms with E-state index in [-0.39, 0.29) is 6.04 Å². The Morgan fingerprint density at radius 3 is 2.69 bits per heavy atom. The van der Waals surface area contributed by atoms with Crippen LogP contribution in [0.25, 0.3) is 0 Å². The molecule has 0 saturated carbocycles. The van der Waals surface area contributed by atoms with Crippen molar-refractivity contribution >= 4 is 0 Å². The van der Waals surface area contributed by atoms with Crippen LogP contribution in [0, 0.1) is 0 Å². The number of alkyl halides is 1. The predicted molar refractivity (Wildman–Crippen MR) is 50.3 cm³/mol. The molecule has 1 radical (unpaired) electrons. The second-order valence-electron chi connectivity index (χ2n) is 3.43. The third-order valence-corrected chi connectivity index (χ3v) is 2.48. The minimum atomic E-state index is -0.899. The Morgan fingerprint density at radius 1 is 1.31 bits per heavy atom. The minimum absolute atomic E-state index is 0.0950. The van der Waals surface area contributed by atoms with Crippen LogP contribution in [-0.2, 0) is 0 Å². The number of benzene rings is 1. The van der Waals surface area contributed by atoms with Crippen molar-refractivity contribution in [1.29, 1.82) is 0 Å². The topological polar surface area (TPSA) is 14.1 Å². The zero-order valence-electron chi connectivity index (χ0n) is 7.49. The Hall–Kier alpha value is -0.890. The fraction of sp³-hybridized carbons (Fsp3) is 0.455. The van der Waals surface area contributed by atoms with Gasteiger partial charge in [0.15, 0.2) is 0 Å². The quantitative estimate of drug-likeness (QED) is 0.660. The molecule has 2 heteroatoms. The van der Waals surface area contributed by atoms with E-state index in [2.05, 4.69) is 5.32 Å². The highest BCUT2D eigenvalue weighted by atomic mass is 19.1. The largest absolute Gasteiger partial charge is 0.240 e. The van der Waals surface area contributed by atoms with Crippen molar-refractivity contribution in [3.8, 4) is 0 Å². The van der Waals surface area contributed by atoms with E-state index in [0.29, 0.717) is 0 Å². The number of nitrogens with zero attached hydrogens (tertiary/aromatic N) is 1. The molecule has 69 valence electrons. The molecule has 2 rings (SSSR count). The van der Waals surface area contributed by atoms with Gasteiger partial charge in [0.25, 0.3) is 0 Å². The smallest absolute Gasteiger partial charge is 0.142 e. The predicted octanol–water partition coefficient (Wildman–Crippen LogP) is 2.46. The summed E-state index contributed by atoms with van der Waals surface area (Å²) in [5, 5.41) is 4.24. The lowest BCUT2D eigenvalue weighted by Crippen LogP contribution is -2.20. The Bertz CT molecular complexity index is 254. The maximum absolute atomic E-state index is 13.7. The lowest BCUT2D eigenvalue weighted by molar-refractivity contribution is 0.268. The van der Waals surface area contributed by atoms with Crippen molar-refractivity contribution in [3.05, 3.63) is 35.9 Å². The van der Waals surface area contributed by atoms with E-state index in [9.17, 15) is 4.39 Å². The van der Waals surface area contributed by atoms with Gasteiger partial charge in [-0.25, -0.2) is 9.71 Å². The van der Waals surface area contributed by atoms with Crippen molar-refractivity contribution in [1.82, 2.24) is 5.32 Å². The van der Waals surface area contributed by atoms with Gasteiger partial charge in [-0.2, -0.15) is 0 Å². The van der Waals surface area contributed by atoms with Gasteiger partial charge in [-0.05, 0) is 18.4 Å². The van der Waals surface area contributed by atoms with Crippen LogP contribution in [0.4, 0.5) is 4.39 Å². The first-order valence-electron chi connectivity index (χ1n) is 4.73. The Labute approximate surface area is 78.0 Å². The summed E-state index contributed by atoms with van der Waals surface area (Å²) in [6, 6.07) is 9.22. The van der Waals surface area contributed by atoms with E-state index in [0.717, 1.165) is 24.9 Å². The Morgan fingerprint density at radius 2 is 2.08 bits per heavy atom. The van der Waals surface area contributed by atoms with Crippen LogP contribution in [0.2, 0.25) is 0 Å². The molecule has 1 heterocycles. The van der Waals surface area contributed by atoms with Gasteiger partial charge in [0.05, 0.1) is 6.04 Å². The highest BCUT2D eigenvalue weighted by Gasteiger charge is 2.26. The first kappa shape index (κ1) is 8.70. The van der Waals surface area contributed by atoms with Gasteiger partial charge in [0.2, 0.25) is 0 Å². The van der Waals surface area contributed by atoms with Gasteiger partial charge in [0, 0.05) is 6.54 Å². The van der Waals surface area contributed by atoms with Crippen LogP contribution in [0.15, 0.2) is 30.3 Å². The normalized spacial score (nSPS) is 24.5. The van der Waals surface area contributed by atoms with Crippen molar-refractivity contribution in [2.75, 3.05) is 6.54 Å². The first-order valence-corrected chi connectivity index (χ1v) is 4.73. The summed E-state index contributed by atoms with van der Waals surface area (Å²) in [7, 11) is 0. The van der Waals surface area contributed by atoms with Crippen LogP contribution >= 0.6 is 0 Å². The Balaban J connectivity index is 2.08. The SMILES string of the molecule is FC(c1ccccc1)C1CCC[N]1. The van der Waals surface area contributed by atoms with E-state index < -0.39 is 6.17 Å². The lowest BCUT2D eigenvalue weighted by atomic mass is 10.0. The molecule has 0 N–H and O–H groups in total. The minimum Gasteiger partial charge on any atom is -0.240 e. The van der Waals surface area contributed by atoms with E-state index in [1.807, 2.05) is 30.3 Å². The fourth-order valence-corrected chi connectivity index (χ4v) is 1.75. The molecule has 1 fully saturated rings. The molecule has 1 aromatic rings. The van der Waals surface area contributed by atoms with Crippen molar-refractivity contribution in [3.63, 3.8) is 0 Å². The number of rotatable bonds is 2. The first-order chi connectivity index (χ1) is 6.38. The summed E-state index contributed by atoms with van der Waals surface area (Å²) in [5.74, 6) is 0. The zero-order valence-corrected chi connectivity index (χ0v) is 7.49. The van der Waals surface area contributed by atoms with Gasteiger partial charge >= 0.3 is 0 Å². The van der Waals surface area contributed by atoms with Crippen molar-refractivity contribution in [2.45, 2.75) is 25.1 Å². The average Bonchev–Trinajstić information content (AvgIpc) is 2.71. The molecule has 0 aliphatic carbocycles. The third kappa shape index (κ3) is 1.89. The number of hydrogen-bond donors (Lipinski definition) is 0. The summed E-state index contributed by atoms with van der Waals surface area (Å²) in [4.78, 5) is 0. The maximum atomic E-state index is 13.7. The molecule has 1 aromatic carbocycles. The second-order valence-corrected chi connectivity index (χ2v) is 3.43. The molecule has 0 bridgehead atoms. The van der Waals surface area contributed by atoms with Gasteiger partial charge in [-0.1, -0.05) is 30.3 Å². The van der Waals surface area contributed by atoms with Crippen molar-refractivity contribution < 1.29 is 4.39 Å². The van der Waals surface area contributed by atoms with Crippen molar-refractivity contribution in [2.24, 2.45) is 0 Å². The average molecular weight is 178 g/mol. The second kappa shape index (κ2) is 3.88. The molecule has 1 nitrogen and oxygen atoms in total. The number of hydrogen-bond acceptors (Lipinski definition) is 0. The fourth-order valence-electron chi connectivity index (χ4n) is 1.75. The van der Waals surface area contributed by atoms with Crippen LogP contribution in [-0.4, -0.2) is 12.6 Å². The van der Waals surface area contributed by atoms with Crippen LogP contribution < -0.4 is 5.32 Å². The van der Waals surface area contributed by atoms with Gasteiger partial charge in [0.1, 0.15) is 6.17 Å². The molecule has 1 saturated heterocycles. The summed E-state index contributed by atoms with van der Waals surface area (Å²) < 4.78 is 13.7. The summed E-state index contributed by atoms with van der Waals surface area (Å²) in [5.41, 5.74) is 0.762. The standard InChI is InChI=1S/C11H13FN/c12-11(10-7-4-8-13-10)9-5-2-1-3-6-9/h1-3,5-6,10-11H,4,7-8H2. The van der Waals surface area contributed by atoms with Gasteiger partial charge < -0.3 is 0 Å². The summed E-state index contributed by atoms with van der Waals surface area (Å²) in [6.45, 7) is 0.831. The zero-order chi connectivity index (χ0) is 9.10.